The molecule has 2 aliphatic rings. The van der Waals surface area contributed by atoms with E-state index in [1.807, 2.05) is 29.2 Å². The highest BCUT2D eigenvalue weighted by atomic mass is 16.5. The first-order valence-corrected chi connectivity index (χ1v) is 9.13. The Balaban J connectivity index is 1.44. The molecule has 25 heavy (non-hydrogen) atoms. The molecule has 0 radical (unpaired) electrons. The zero-order valence-electron chi connectivity index (χ0n) is 14.9. The number of nitrogens with zero attached hydrogens (tertiary/aromatic N) is 2. The Morgan fingerprint density at radius 3 is 2.24 bits per heavy atom. The van der Waals surface area contributed by atoms with Gasteiger partial charge in [0.25, 0.3) is 0 Å². The second kappa shape index (κ2) is 8.23. The molecule has 0 aromatic heterocycles. The zero-order valence-corrected chi connectivity index (χ0v) is 14.9. The first-order chi connectivity index (χ1) is 12.2. The average molecular weight is 345 g/mol. The Morgan fingerprint density at radius 2 is 1.64 bits per heavy atom. The summed E-state index contributed by atoms with van der Waals surface area (Å²) in [4.78, 5) is 28.4. The van der Waals surface area contributed by atoms with E-state index >= 15 is 0 Å². The minimum Gasteiger partial charge on any atom is -0.497 e. The monoisotopic (exact) mass is 345 g/mol. The predicted molar refractivity (Wildman–Crippen MR) is 96.7 cm³/mol. The van der Waals surface area contributed by atoms with Gasteiger partial charge in [0.15, 0.2) is 0 Å². The smallest absolute Gasteiger partial charge is 0.321 e. The van der Waals surface area contributed by atoms with Gasteiger partial charge < -0.3 is 19.9 Å². The number of nitrogens with one attached hydrogen (secondary N) is 1. The standard InChI is InChI=1S/C19H27N3O3/c1-25-17-8-6-16(7-9-17)20-19(24)22-12-10-21(11-13-22)18(23)14-15-4-2-3-5-15/h6-9,15H,2-5,10-14H2,1H3,(H,20,24). The number of piperazine rings is 1. The molecule has 6 heteroatoms. The Bertz CT molecular complexity index is 588. The van der Waals surface area contributed by atoms with Crippen molar-refractivity contribution in [1.29, 1.82) is 0 Å². The largest absolute Gasteiger partial charge is 0.497 e. The van der Waals surface area contributed by atoms with Crippen LogP contribution in [0.2, 0.25) is 0 Å². The second-order valence-electron chi connectivity index (χ2n) is 6.88. The molecule has 136 valence electrons. The first kappa shape index (κ1) is 17.6. The first-order valence-electron chi connectivity index (χ1n) is 9.13. The molecule has 6 nitrogen and oxygen atoms in total. The van der Waals surface area contributed by atoms with E-state index in [0.29, 0.717) is 38.5 Å². The van der Waals surface area contributed by atoms with Gasteiger partial charge in [-0.1, -0.05) is 12.8 Å². The highest BCUT2D eigenvalue weighted by Crippen LogP contribution is 2.28. The number of benzene rings is 1. The molecular weight excluding hydrogens is 318 g/mol. The third kappa shape index (κ3) is 4.65. The molecule has 1 N–H and O–H groups in total. The van der Waals surface area contributed by atoms with Crippen molar-refractivity contribution in [1.82, 2.24) is 9.80 Å². The maximum Gasteiger partial charge on any atom is 0.321 e. The lowest BCUT2D eigenvalue weighted by Gasteiger charge is -2.35. The fourth-order valence-corrected chi connectivity index (χ4v) is 3.63. The highest BCUT2D eigenvalue weighted by Gasteiger charge is 2.26. The summed E-state index contributed by atoms with van der Waals surface area (Å²) in [5, 5.41) is 2.89. The van der Waals surface area contributed by atoms with Gasteiger partial charge in [0, 0.05) is 38.3 Å². The van der Waals surface area contributed by atoms with Crippen molar-refractivity contribution in [2.24, 2.45) is 5.92 Å². The van der Waals surface area contributed by atoms with E-state index in [1.165, 1.54) is 25.7 Å². The van der Waals surface area contributed by atoms with Crippen LogP contribution in [0.3, 0.4) is 0 Å². The lowest BCUT2D eigenvalue weighted by atomic mass is 10.0. The Labute approximate surface area is 149 Å². The van der Waals surface area contributed by atoms with E-state index in [0.717, 1.165) is 11.4 Å². The summed E-state index contributed by atoms with van der Waals surface area (Å²) in [7, 11) is 1.61. The number of methoxy groups -OCH3 is 1. The summed E-state index contributed by atoms with van der Waals surface area (Å²) >= 11 is 0. The number of ether oxygens (including phenoxy) is 1. The predicted octanol–water partition coefficient (Wildman–Crippen LogP) is 2.95. The molecule has 1 aliphatic carbocycles. The van der Waals surface area contributed by atoms with Crippen LogP contribution in [0.1, 0.15) is 32.1 Å². The number of rotatable bonds is 4. The topological polar surface area (TPSA) is 61.9 Å². The van der Waals surface area contributed by atoms with Gasteiger partial charge in [0.05, 0.1) is 7.11 Å². The van der Waals surface area contributed by atoms with Crippen molar-refractivity contribution in [3.8, 4) is 5.75 Å². The molecule has 1 saturated carbocycles. The van der Waals surface area contributed by atoms with Gasteiger partial charge in [-0.05, 0) is 43.0 Å². The van der Waals surface area contributed by atoms with Crippen LogP contribution in [-0.2, 0) is 4.79 Å². The number of amides is 3. The average Bonchev–Trinajstić information content (AvgIpc) is 3.15. The Hall–Kier alpha value is -2.24. The number of hydrogen-bond acceptors (Lipinski definition) is 3. The minimum atomic E-state index is -0.118. The molecule has 1 heterocycles. The lowest BCUT2D eigenvalue weighted by Crippen LogP contribution is -2.51. The van der Waals surface area contributed by atoms with Gasteiger partial charge in [-0.3, -0.25) is 4.79 Å². The van der Waals surface area contributed by atoms with Gasteiger partial charge in [-0.2, -0.15) is 0 Å². The van der Waals surface area contributed by atoms with Crippen LogP contribution in [-0.4, -0.2) is 55.0 Å². The van der Waals surface area contributed by atoms with Gasteiger partial charge in [0.2, 0.25) is 5.91 Å². The Morgan fingerprint density at radius 1 is 1.04 bits per heavy atom. The van der Waals surface area contributed by atoms with E-state index in [1.54, 1.807) is 12.0 Å². The van der Waals surface area contributed by atoms with E-state index in [-0.39, 0.29) is 11.9 Å². The molecule has 1 saturated heterocycles. The fraction of sp³-hybridized carbons (Fsp3) is 0.579. The van der Waals surface area contributed by atoms with Crippen molar-refractivity contribution >= 4 is 17.6 Å². The number of carbonyl (C=O) groups excluding carboxylic acids is 2. The number of hydrogen-bond donors (Lipinski definition) is 1. The summed E-state index contributed by atoms with van der Waals surface area (Å²) in [6, 6.07) is 7.15. The summed E-state index contributed by atoms with van der Waals surface area (Å²) in [6.07, 6.45) is 5.58. The molecule has 1 aliphatic heterocycles. The number of carbonyl (C=O) groups is 2. The second-order valence-corrected chi connectivity index (χ2v) is 6.88. The van der Waals surface area contributed by atoms with E-state index in [2.05, 4.69) is 5.32 Å². The van der Waals surface area contributed by atoms with Crippen molar-refractivity contribution in [2.45, 2.75) is 32.1 Å². The molecule has 2 fully saturated rings. The van der Waals surface area contributed by atoms with Crippen molar-refractivity contribution in [3.63, 3.8) is 0 Å². The van der Waals surface area contributed by atoms with Gasteiger partial charge in [-0.25, -0.2) is 4.79 Å². The molecule has 0 atom stereocenters. The van der Waals surface area contributed by atoms with Crippen LogP contribution in [0, 0.1) is 5.92 Å². The van der Waals surface area contributed by atoms with E-state index in [9.17, 15) is 9.59 Å². The van der Waals surface area contributed by atoms with Crippen LogP contribution in [0.15, 0.2) is 24.3 Å². The molecular formula is C19H27N3O3. The summed E-state index contributed by atoms with van der Waals surface area (Å²) < 4.78 is 5.11. The Kier molecular flexibility index (Phi) is 5.79. The van der Waals surface area contributed by atoms with Crippen molar-refractivity contribution in [2.75, 3.05) is 38.6 Å². The molecule has 3 amide bonds. The maximum absolute atomic E-state index is 12.4. The van der Waals surface area contributed by atoms with Crippen molar-refractivity contribution in [3.05, 3.63) is 24.3 Å². The summed E-state index contributed by atoms with van der Waals surface area (Å²) in [6.45, 7) is 2.42. The fourth-order valence-electron chi connectivity index (χ4n) is 3.63. The normalized spacial score (nSPS) is 18.3. The van der Waals surface area contributed by atoms with Crippen LogP contribution in [0.4, 0.5) is 10.5 Å². The molecule has 3 rings (SSSR count). The van der Waals surface area contributed by atoms with E-state index in [4.69, 9.17) is 4.74 Å². The minimum absolute atomic E-state index is 0.118. The summed E-state index contributed by atoms with van der Waals surface area (Å²) in [5.41, 5.74) is 0.741. The van der Waals surface area contributed by atoms with Crippen LogP contribution in [0.25, 0.3) is 0 Å². The number of urea groups is 1. The molecule has 0 bridgehead atoms. The van der Waals surface area contributed by atoms with Gasteiger partial charge in [-0.15, -0.1) is 0 Å². The SMILES string of the molecule is COc1ccc(NC(=O)N2CCN(C(=O)CC3CCCC3)CC2)cc1. The summed E-state index contributed by atoms with van der Waals surface area (Å²) in [5.74, 6) is 1.58. The molecule has 0 unspecified atom stereocenters. The number of anilines is 1. The third-order valence-electron chi connectivity index (χ3n) is 5.20. The quantitative estimate of drug-likeness (QED) is 0.913. The molecule has 0 spiro atoms. The molecule has 1 aromatic rings. The highest BCUT2D eigenvalue weighted by molar-refractivity contribution is 5.89. The third-order valence-corrected chi connectivity index (χ3v) is 5.20. The van der Waals surface area contributed by atoms with Gasteiger partial charge >= 0.3 is 6.03 Å². The van der Waals surface area contributed by atoms with Crippen LogP contribution in [0.5, 0.6) is 5.75 Å². The van der Waals surface area contributed by atoms with Crippen LogP contribution < -0.4 is 10.1 Å². The van der Waals surface area contributed by atoms with Crippen LogP contribution >= 0.6 is 0 Å². The lowest BCUT2D eigenvalue weighted by molar-refractivity contribution is -0.133. The zero-order chi connectivity index (χ0) is 17.6. The van der Waals surface area contributed by atoms with E-state index < -0.39 is 0 Å². The van der Waals surface area contributed by atoms with Crippen molar-refractivity contribution < 1.29 is 14.3 Å². The maximum atomic E-state index is 12.4. The molecule has 1 aromatic carbocycles. The van der Waals surface area contributed by atoms with Gasteiger partial charge in [0.1, 0.15) is 5.75 Å².